The highest BCUT2D eigenvalue weighted by atomic mass is 16.7. The molecule has 0 spiro atoms. The van der Waals surface area contributed by atoms with Crippen molar-refractivity contribution in [2.24, 2.45) is 5.73 Å². The largest absolute Gasteiger partial charge is 0.480 e. The number of nitrogens with one attached hydrogen (secondary N) is 1. The van der Waals surface area contributed by atoms with E-state index in [0.717, 1.165) is 0 Å². The number of rotatable bonds is 6. The summed E-state index contributed by atoms with van der Waals surface area (Å²) in [7, 11) is 0. The van der Waals surface area contributed by atoms with Gasteiger partial charge in [0.1, 0.15) is 30.4 Å². The Hall–Kier alpha value is -1.30. The number of aliphatic hydroxyl groups excluding tert-OH is 3. The van der Waals surface area contributed by atoms with E-state index in [2.05, 4.69) is 5.32 Å². The highest BCUT2D eigenvalue weighted by Gasteiger charge is 2.45. The van der Waals surface area contributed by atoms with Crippen LogP contribution in [0.15, 0.2) is 0 Å². The van der Waals surface area contributed by atoms with Crippen LogP contribution in [0.4, 0.5) is 0 Å². The molecule has 122 valence electrons. The van der Waals surface area contributed by atoms with Gasteiger partial charge in [-0.15, -0.1) is 0 Å². The van der Waals surface area contributed by atoms with E-state index in [1.165, 1.54) is 6.92 Å². The van der Waals surface area contributed by atoms with Crippen LogP contribution in [-0.2, 0) is 19.1 Å². The summed E-state index contributed by atoms with van der Waals surface area (Å²) in [6.07, 6.45) is -5.27. The second kappa shape index (κ2) is 7.64. The maximum absolute atomic E-state index is 11.1. The fourth-order valence-corrected chi connectivity index (χ4v) is 1.88. The van der Waals surface area contributed by atoms with E-state index in [1.807, 2.05) is 0 Å². The van der Waals surface area contributed by atoms with Crippen molar-refractivity contribution in [2.45, 2.75) is 43.6 Å². The molecule has 1 fully saturated rings. The van der Waals surface area contributed by atoms with Crippen LogP contribution in [0, 0.1) is 0 Å². The molecule has 0 aromatic rings. The Bertz CT molecular complexity index is 379. The Kier molecular flexibility index (Phi) is 6.45. The standard InChI is InChI=1S/C11H20N2O8/c1-4(15)13-7-9(17)8(16)6(2-14)21-11(7)20-3-5(12)10(18)19/h5-9,11,14,16-17H,2-3,12H2,1H3,(H,13,15)(H,18,19)/t5-,6+,7+,8+,9+,11?/m0/s1. The lowest BCUT2D eigenvalue weighted by Crippen LogP contribution is -2.64. The first-order chi connectivity index (χ1) is 9.77. The number of hydrogen-bond acceptors (Lipinski definition) is 8. The zero-order valence-corrected chi connectivity index (χ0v) is 11.4. The van der Waals surface area contributed by atoms with Crippen molar-refractivity contribution in [3.63, 3.8) is 0 Å². The average Bonchev–Trinajstić information content (AvgIpc) is 2.42. The Labute approximate surface area is 120 Å². The maximum atomic E-state index is 11.1. The number of carboxylic acids is 1. The van der Waals surface area contributed by atoms with Crippen LogP contribution in [0.3, 0.4) is 0 Å². The zero-order chi connectivity index (χ0) is 16.2. The summed E-state index contributed by atoms with van der Waals surface area (Å²) in [5.41, 5.74) is 5.28. The van der Waals surface area contributed by atoms with Gasteiger partial charge < -0.3 is 41.0 Å². The fourth-order valence-electron chi connectivity index (χ4n) is 1.88. The van der Waals surface area contributed by atoms with Gasteiger partial charge in [-0.05, 0) is 0 Å². The first-order valence-corrected chi connectivity index (χ1v) is 6.27. The monoisotopic (exact) mass is 308 g/mol. The molecule has 0 aliphatic carbocycles. The Balaban J connectivity index is 2.78. The van der Waals surface area contributed by atoms with E-state index in [4.69, 9.17) is 25.4 Å². The van der Waals surface area contributed by atoms with Gasteiger partial charge in [0.05, 0.1) is 13.2 Å². The molecular formula is C11H20N2O8. The van der Waals surface area contributed by atoms with Gasteiger partial charge in [-0.3, -0.25) is 9.59 Å². The molecule has 1 aliphatic heterocycles. The number of nitrogens with two attached hydrogens (primary N) is 1. The molecule has 0 saturated carbocycles. The van der Waals surface area contributed by atoms with Crippen LogP contribution in [0.25, 0.3) is 0 Å². The summed E-state index contributed by atoms with van der Waals surface area (Å²) in [6, 6.07) is -2.44. The maximum Gasteiger partial charge on any atom is 0.322 e. The Morgan fingerprint density at radius 1 is 1.38 bits per heavy atom. The molecular weight excluding hydrogens is 288 g/mol. The lowest BCUT2D eigenvalue weighted by Gasteiger charge is -2.42. The predicted molar refractivity (Wildman–Crippen MR) is 66.9 cm³/mol. The third-order valence-electron chi connectivity index (χ3n) is 3.01. The van der Waals surface area contributed by atoms with Crippen molar-refractivity contribution in [3.05, 3.63) is 0 Å². The van der Waals surface area contributed by atoms with Gasteiger partial charge in [0.2, 0.25) is 5.91 Å². The topological polar surface area (TPSA) is 172 Å². The normalized spacial score (nSPS) is 34.2. The van der Waals surface area contributed by atoms with Crippen molar-refractivity contribution in [1.82, 2.24) is 5.32 Å². The summed E-state index contributed by atoms with van der Waals surface area (Å²) < 4.78 is 10.4. The van der Waals surface area contributed by atoms with Crippen molar-refractivity contribution in [3.8, 4) is 0 Å². The third kappa shape index (κ3) is 4.59. The Morgan fingerprint density at radius 2 is 2.00 bits per heavy atom. The minimum absolute atomic E-state index is 0.433. The molecule has 7 N–H and O–H groups in total. The van der Waals surface area contributed by atoms with Crippen molar-refractivity contribution in [1.29, 1.82) is 0 Å². The third-order valence-corrected chi connectivity index (χ3v) is 3.01. The molecule has 1 saturated heterocycles. The van der Waals surface area contributed by atoms with Crippen molar-refractivity contribution < 1.29 is 39.5 Å². The van der Waals surface area contributed by atoms with Gasteiger partial charge in [0.25, 0.3) is 0 Å². The second-order valence-corrected chi connectivity index (χ2v) is 4.71. The molecule has 21 heavy (non-hydrogen) atoms. The predicted octanol–water partition coefficient (Wildman–Crippen LogP) is -3.64. The molecule has 1 rings (SSSR count). The fraction of sp³-hybridized carbons (Fsp3) is 0.818. The summed E-state index contributed by atoms with van der Waals surface area (Å²) in [5, 5.41) is 39.8. The highest BCUT2D eigenvalue weighted by Crippen LogP contribution is 2.22. The van der Waals surface area contributed by atoms with Crippen molar-refractivity contribution >= 4 is 11.9 Å². The van der Waals surface area contributed by atoms with Gasteiger partial charge in [-0.1, -0.05) is 0 Å². The van der Waals surface area contributed by atoms with Crippen LogP contribution in [0.1, 0.15) is 6.92 Å². The van der Waals surface area contributed by atoms with Gasteiger partial charge in [0.15, 0.2) is 6.29 Å². The molecule has 0 aromatic carbocycles. The number of carbonyl (C=O) groups excluding carboxylic acids is 1. The number of aliphatic carboxylic acids is 1. The quantitative estimate of drug-likeness (QED) is 0.289. The summed E-state index contributed by atoms with van der Waals surface area (Å²) in [6.45, 7) is 0.171. The lowest BCUT2D eigenvalue weighted by atomic mass is 9.97. The second-order valence-electron chi connectivity index (χ2n) is 4.71. The van der Waals surface area contributed by atoms with E-state index in [0.29, 0.717) is 0 Å². The number of ether oxygens (including phenoxy) is 2. The zero-order valence-electron chi connectivity index (χ0n) is 11.4. The van der Waals surface area contributed by atoms with Gasteiger partial charge in [-0.25, -0.2) is 0 Å². The molecule has 6 atom stereocenters. The number of amides is 1. The molecule has 0 radical (unpaired) electrons. The smallest absolute Gasteiger partial charge is 0.322 e. The minimum Gasteiger partial charge on any atom is -0.480 e. The summed E-state index contributed by atoms with van der Waals surface area (Å²) >= 11 is 0. The Morgan fingerprint density at radius 3 is 2.48 bits per heavy atom. The number of carbonyl (C=O) groups is 2. The van der Waals surface area contributed by atoms with Crippen LogP contribution < -0.4 is 11.1 Å². The number of hydrogen-bond donors (Lipinski definition) is 6. The molecule has 0 bridgehead atoms. The van der Waals surface area contributed by atoms with Gasteiger partial charge in [0, 0.05) is 6.92 Å². The number of carboxylic acid groups (broad SMARTS) is 1. The highest BCUT2D eigenvalue weighted by molar-refractivity contribution is 5.73. The first kappa shape index (κ1) is 17.8. The molecule has 10 nitrogen and oxygen atoms in total. The van der Waals surface area contributed by atoms with Crippen LogP contribution in [0.2, 0.25) is 0 Å². The van der Waals surface area contributed by atoms with E-state index < -0.39 is 61.8 Å². The summed E-state index contributed by atoms with van der Waals surface area (Å²) in [4.78, 5) is 21.7. The first-order valence-electron chi connectivity index (χ1n) is 6.27. The van der Waals surface area contributed by atoms with Crippen LogP contribution in [-0.4, -0.2) is 82.2 Å². The molecule has 0 aromatic heterocycles. The van der Waals surface area contributed by atoms with E-state index in [-0.39, 0.29) is 0 Å². The average molecular weight is 308 g/mol. The van der Waals surface area contributed by atoms with E-state index in [9.17, 15) is 19.8 Å². The van der Waals surface area contributed by atoms with E-state index in [1.54, 1.807) is 0 Å². The minimum atomic E-state index is -1.45. The van der Waals surface area contributed by atoms with Crippen LogP contribution in [0.5, 0.6) is 0 Å². The molecule has 10 heteroatoms. The summed E-state index contributed by atoms with van der Waals surface area (Å²) in [5.74, 6) is -1.80. The molecule has 1 amide bonds. The van der Waals surface area contributed by atoms with Crippen molar-refractivity contribution in [2.75, 3.05) is 13.2 Å². The molecule has 1 unspecified atom stereocenters. The van der Waals surface area contributed by atoms with Crippen LogP contribution >= 0.6 is 0 Å². The van der Waals surface area contributed by atoms with Gasteiger partial charge >= 0.3 is 5.97 Å². The SMILES string of the molecule is CC(=O)N[C@H]1C(OC[C@H](N)C(=O)O)O[C@H](CO)[C@@H](O)[C@@H]1O. The van der Waals surface area contributed by atoms with Gasteiger partial charge in [-0.2, -0.15) is 0 Å². The van der Waals surface area contributed by atoms with E-state index >= 15 is 0 Å². The molecule has 1 aliphatic rings. The molecule has 1 heterocycles. The number of aliphatic hydroxyl groups is 3. The lowest BCUT2D eigenvalue weighted by molar-refractivity contribution is -0.270.